The zero-order valence-electron chi connectivity index (χ0n) is 11.0. The van der Waals surface area contributed by atoms with E-state index in [4.69, 9.17) is 11.6 Å². The van der Waals surface area contributed by atoms with Gasteiger partial charge >= 0.3 is 0 Å². The largest absolute Gasteiger partial charge is 0.389 e. The van der Waals surface area contributed by atoms with Gasteiger partial charge in [-0.3, -0.25) is 0 Å². The van der Waals surface area contributed by atoms with Crippen LogP contribution >= 0.6 is 11.6 Å². The second kappa shape index (κ2) is 5.23. The SMILES string of the molecule is C[C@H](O)c1cc(-c2ccc(Cl)cc2)nc2ccccc12. The Bertz CT molecular complexity index is 751. The maximum absolute atomic E-state index is 9.99. The zero-order valence-corrected chi connectivity index (χ0v) is 11.8. The van der Waals surface area contributed by atoms with E-state index in [1.54, 1.807) is 6.92 Å². The highest BCUT2D eigenvalue weighted by Gasteiger charge is 2.10. The highest BCUT2D eigenvalue weighted by Crippen LogP contribution is 2.29. The average Bonchev–Trinajstić information content (AvgIpc) is 2.46. The fraction of sp³-hybridized carbons (Fsp3) is 0.118. The molecule has 1 heterocycles. The van der Waals surface area contributed by atoms with Crippen molar-refractivity contribution in [2.75, 3.05) is 0 Å². The molecule has 3 rings (SSSR count). The standard InChI is InChI=1S/C17H14ClNO/c1-11(20)15-10-17(12-6-8-13(18)9-7-12)19-16-5-3-2-4-14(15)16/h2-11,20H,1H3/t11-/m0/s1. The molecule has 0 saturated heterocycles. The molecule has 0 aliphatic rings. The van der Waals surface area contributed by atoms with E-state index in [9.17, 15) is 5.11 Å². The molecule has 0 spiro atoms. The van der Waals surface area contributed by atoms with Crippen molar-refractivity contribution >= 4 is 22.5 Å². The fourth-order valence-corrected chi connectivity index (χ4v) is 2.44. The third-order valence-corrected chi connectivity index (χ3v) is 3.59. The van der Waals surface area contributed by atoms with Crippen molar-refractivity contribution in [3.8, 4) is 11.3 Å². The maximum Gasteiger partial charge on any atom is 0.0769 e. The number of fused-ring (bicyclic) bond motifs is 1. The summed E-state index contributed by atoms with van der Waals surface area (Å²) in [7, 11) is 0. The van der Waals surface area contributed by atoms with Crippen molar-refractivity contribution in [3.05, 3.63) is 65.2 Å². The van der Waals surface area contributed by atoms with Crippen molar-refractivity contribution in [1.29, 1.82) is 0 Å². The van der Waals surface area contributed by atoms with Gasteiger partial charge in [-0.2, -0.15) is 0 Å². The third kappa shape index (κ3) is 2.40. The van der Waals surface area contributed by atoms with Gasteiger partial charge in [-0.25, -0.2) is 4.98 Å². The number of hydrogen-bond acceptors (Lipinski definition) is 2. The lowest BCUT2D eigenvalue weighted by molar-refractivity contribution is 0.201. The van der Waals surface area contributed by atoms with Gasteiger partial charge in [0.25, 0.3) is 0 Å². The first kappa shape index (κ1) is 13.1. The van der Waals surface area contributed by atoms with Crippen LogP contribution < -0.4 is 0 Å². The zero-order chi connectivity index (χ0) is 14.1. The van der Waals surface area contributed by atoms with Crippen LogP contribution in [0.3, 0.4) is 0 Å². The lowest BCUT2D eigenvalue weighted by Gasteiger charge is -2.12. The van der Waals surface area contributed by atoms with Crippen LogP contribution in [0.1, 0.15) is 18.6 Å². The van der Waals surface area contributed by atoms with E-state index in [1.165, 1.54) is 0 Å². The Kier molecular flexibility index (Phi) is 3.43. The van der Waals surface area contributed by atoms with Crippen LogP contribution in [0.15, 0.2) is 54.6 Å². The first-order chi connectivity index (χ1) is 9.65. The topological polar surface area (TPSA) is 33.1 Å². The Labute approximate surface area is 122 Å². The van der Waals surface area contributed by atoms with Gasteiger partial charge in [0.05, 0.1) is 17.3 Å². The molecule has 1 atom stereocenters. The summed E-state index contributed by atoms with van der Waals surface area (Å²) in [6, 6.07) is 17.3. The Morgan fingerprint density at radius 2 is 1.75 bits per heavy atom. The number of aliphatic hydroxyl groups is 1. The first-order valence-corrected chi connectivity index (χ1v) is 6.86. The Morgan fingerprint density at radius 3 is 2.45 bits per heavy atom. The molecule has 0 amide bonds. The second-order valence-electron chi connectivity index (χ2n) is 4.80. The fourth-order valence-electron chi connectivity index (χ4n) is 2.32. The highest BCUT2D eigenvalue weighted by atomic mass is 35.5. The van der Waals surface area contributed by atoms with Gasteiger partial charge in [0.15, 0.2) is 0 Å². The molecular formula is C17H14ClNO. The molecular weight excluding hydrogens is 270 g/mol. The molecule has 0 fully saturated rings. The second-order valence-corrected chi connectivity index (χ2v) is 5.23. The minimum Gasteiger partial charge on any atom is -0.389 e. The Balaban J connectivity index is 2.24. The lowest BCUT2D eigenvalue weighted by Crippen LogP contribution is -1.96. The summed E-state index contributed by atoms with van der Waals surface area (Å²) < 4.78 is 0. The molecule has 0 saturated carbocycles. The van der Waals surface area contributed by atoms with Crippen LogP contribution in [-0.2, 0) is 0 Å². The molecule has 2 aromatic carbocycles. The van der Waals surface area contributed by atoms with E-state index >= 15 is 0 Å². The number of halogens is 1. The average molecular weight is 284 g/mol. The Morgan fingerprint density at radius 1 is 1.05 bits per heavy atom. The summed E-state index contributed by atoms with van der Waals surface area (Å²) in [6.45, 7) is 1.77. The number of nitrogens with zero attached hydrogens (tertiary/aromatic N) is 1. The predicted molar refractivity (Wildman–Crippen MR) is 82.8 cm³/mol. The van der Waals surface area contributed by atoms with Crippen molar-refractivity contribution in [1.82, 2.24) is 4.98 Å². The van der Waals surface area contributed by atoms with Crippen molar-refractivity contribution < 1.29 is 5.11 Å². The number of para-hydroxylation sites is 1. The van der Waals surface area contributed by atoms with Gasteiger partial charge < -0.3 is 5.11 Å². The maximum atomic E-state index is 9.99. The number of benzene rings is 2. The van der Waals surface area contributed by atoms with E-state index in [0.717, 1.165) is 27.7 Å². The molecule has 0 aliphatic carbocycles. The number of hydrogen-bond donors (Lipinski definition) is 1. The van der Waals surface area contributed by atoms with Gasteiger partial charge in [-0.05, 0) is 36.8 Å². The molecule has 0 radical (unpaired) electrons. The Hall–Kier alpha value is -1.90. The summed E-state index contributed by atoms with van der Waals surface area (Å²) in [4.78, 5) is 4.66. The molecule has 0 bridgehead atoms. The number of aliphatic hydroxyl groups excluding tert-OH is 1. The number of pyridine rings is 1. The van der Waals surface area contributed by atoms with E-state index in [2.05, 4.69) is 4.98 Å². The molecule has 0 aliphatic heterocycles. The molecule has 3 aromatic rings. The van der Waals surface area contributed by atoms with Crippen LogP contribution in [0, 0.1) is 0 Å². The molecule has 20 heavy (non-hydrogen) atoms. The van der Waals surface area contributed by atoms with E-state index in [1.807, 2.05) is 54.6 Å². The smallest absolute Gasteiger partial charge is 0.0769 e. The number of aromatic nitrogens is 1. The van der Waals surface area contributed by atoms with Gasteiger partial charge in [0.1, 0.15) is 0 Å². The van der Waals surface area contributed by atoms with E-state index in [-0.39, 0.29) is 0 Å². The van der Waals surface area contributed by atoms with Crippen molar-refractivity contribution in [3.63, 3.8) is 0 Å². The van der Waals surface area contributed by atoms with Gasteiger partial charge in [0.2, 0.25) is 0 Å². The summed E-state index contributed by atoms with van der Waals surface area (Å²) in [5, 5.41) is 11.7. The van der Waals surface area contributed by atoms with Crippen LogP contribution in [0.5, 0.6) is 0 Å². The van der Waals surface area contributed by atoms with Crippen LogP contribution in [-0.4, -0.2) is 10.1 Å². The molecule has 100 valence electrons. The van der Waals surface area contributed by atoms with Crippen molar-refractivity contribution in [2.24, 2.45) is 0 Å². The molecule has 1 N–H and O–H groups in total. The van der Waals surface area contributed by atoms with Gasteiger partial charge in [0, 0.05) is 16.0 Å². The van der Waals surface area contributed by atoms with Gasteiger partial charge in [-0.15, -0.1) is 0 Å². The van der Waals surface area contributed by atoms with Gasteiger partial charge in [-0.1, -0.05) is 41.9 Å². The van der Waals surface area contributed by atoms with Crippen LogP contribution in [0.25, 0.3) is 22.2 Å². The normalized spacial score (nSPS) is 12.6. The molecule has 2 nitrogen and oxygen atoms in total. The monoisotopic (exact) mass is 283 g/mol. The predicted octanol–water partition coefficient (Wildman–Crippen LogP) is 4.61. The summed E-state index contributed by atoms with van der Waals surface area (Å²) in [5.41, 5.74) is 3.61. The molecule has 3 heteroatoms. The third-order valence-electron chi connectivity index (χ3n) is 3.34. The number of rotatable bonds is 2. The first-order valence-electron chi connectivity index (χ1n) is 6.49. The summed E-state index contributed by atoms with van der Waals surface area (Å²) in [5.74, 6) is 0. The highest BCUT2D eigenvalue weighted by molar-refractivity contribution is 6.30. The minimum atomic E-state index is -0.533. The molecule has 1 aromatic heterocycles. The molecule has 0 unspecified atom stereocenters. The van der Waals surface area contributed by atoms with Crippen LogP contribution in [0.2, 0.25) is 5.02 Å². The van der Waals surface area contributed by atoms with E-state index in [0.29, 0.717) is 5.02 Å². The van der Waals surface area contributed by atoms with Crippen LogP contribution in [0.4, 0.5) is 0 Å². The summed E-state index contributed by atoms with van der Waals surface area (Å²) >= 11 is 5.92. The minimum absolute atomic E-state index is 0.533. The summed E-state index contributed by atoms with van der Waals surface area (Å²) in [6.07, 6.45) is -0.533. The quantitative estimate of drug-likeness (QED) is 0.745. The van der Waals surface area contributed by atoms with Crippen molar-refractivity contribution in [2.45, 2.75) is 13.0 Å². The lowest BCUT2D eigenvalue weighted by atomic mass is 10.0. The van der Waals surface area contributed by atoms with E-state index < -0.39 is 6.10 Å².